The maximum absolute atomic E-state index is 11.0. The Morgan fingerprint density at radius 1 is 0.345 bits per heavy atom. The predicted octanol–water partition coefficient (Wildman–Crippen LogP) is 9.44. The third kappa shape index (κ3) is 31.9. The Hall–Kier alpha value is -0.950. The van der Waals surface area contributed by atoms with Gasteiger partial charge in [-0.25, -0.2) is 9.13 Å². The van der Waals surface area contributed by atoms with Gasteiger partial charge in [0, 0.05) is 37.1 Å². The van der Waals surface area contributed by atoms with Crippen LogP contribution in [0.5, 0.6) is 0 Å². The minimum Gasteiger partial charge on any atom is -1.00 e. The van der Waals surface area contributed by atoms with Crippen LogP contribution in [0.15, 0.2) is 81.3 Å². The molecular formula is C48H76BrCl5N2O2. The van der Waals surface area contributed by atoms with E-state index >= 15 is 0 Å². The fourth-order valence-electron chi connectivity index (χ4n) is 6.74. The number of carbonyl (C=O) groups is 2. The highest BCUT2D eigenvalue weighted by molar-refractivity contribution is 6.69. The molecule has 2 heterocycles. The lowest BCUT2D eigenvalue weighted by Gasteiger charge is -2.08. The Morgan fingerprint density at radius 3 is 0.741 bits per heavy atom. The molecule has 2 aromatic rings. The van der Waals surface area contributed by atoms with Gasteiger partial charge in [-0.15, -0.1) is 0 Å². The van der Waals surface area contributed by atoms with Crippen molar-refractivity contribution in [1.29, 1.82) is 0 Å². The third-order valence-corrected chi connectivity index (χ3v) is 11.9. The van der Waals surface area contributed by atoms with Crippen molar-refractivity contribution in [2.24, 2.45) is 0 Å². The molecule has 1 aliphatic carbocycles. The highest BCUT2D eigenvalue weighted by Crippen LogP contribution is 2.32. The molecule has 332 valence electrons. The fraction of sp³-hybridized carbons (Fsp3) is 0.667. The fourth-order valence-corrected chi connectivity index (χ4v) is 7.55. The first-order valence-electron chi connectivity index (χ1n) is 22.4. The average molecular weight is 970 g/mol. The summed E-state index contributed by atoms with van der Waals surface area (Å²) in [5.74, 6) is -1.46. The van der Waals surface area contributed by atoms with Crippen molar-refractivity contribution in [2.45, 2.75) is 207 Å². The summed E-state index contributed by atoms with van der Waals surface area (Å²) in [7, 11) is 0. The first-order chi connectivity index (χ1) is 27.3. The number of Topliss-reactive ketones (excluding diaryl/α,β-unsaturated/α-hetero) is 2. The molecule has 3 rings (SSSR count). The van der Waals surface area contributed by atoms with Gasteiger partial charge in [-0.1, -0.05) is 226 Å². The van der Waals surface area contributed by atoms with Crippen LogP contribution in [-0.4, -0.2) is 11.6 Å². The van der Waals surface area contributed by atoms with Crippen molar-refractivity contribution in [3.05, 3.63) is 81.3 Å². The Labute approximate surface area is 391 Å². The van der Waals surface area contributed by atoms with Crippen LogP contribution in [0.25, 0.3) is 0 Å². The van der Waals surface area contributed by atoms with Crippen molar-refractivity contribution in [3.8, 4) is 0 Å². The van der Waals surface area contributed by atoms with Gasteiger partial charge in [-0.3, -0.25) is 9.59 Å². The van der Waals surface area contributed by atoms with E-state index in [-0.39, 0.29) is 29.4 Å². The maximum atomic E-state index is 11.0. The lowest BCUT2D eigenvalue weighted by Crippen LogP contribution is -3.00. The molecule has 0 unspecified atom stereocenters. The number of hydrogen-bond acceptors (Lipinski definition) is 2. The second kappa shape index (κ2) is 42.7. The number of allylic oxidation sites excluding steroid dienone is 4. The van der Waals surface area contributed by atoms with E-state index in [2.05, 4.69) is 84.2 Å². The van der Waals surface area contributed by atoms with Crippen molar-refractivity contribution >= 4 is 58.0 Å². The smallest absolute Gasteiger partial charge is 0.219 e. The van der Waals surface area contributed by atoms with Crippen molar-refractivity contribution < 1.29 is 48.1 Å². The van der Waals surface area contributed by atoms with E-state index in [1.54, 1.807) is 0 Å². The molecule has 0 fully saturated rings. The molecule has 0 amide bonds. The number of hydrogen-bond donors (Lipinski definition) is 0. The molecular weight excluding hydrogens is 894 g/mol. The van der Waals surface area contributed by atoms with Gasteiger partial charge in [-0.2, -0.15) is 0 Å². The molecule has 10 heteroatoms. The largest absolute Gasteiger partial charge is 1.00 e. The van der Waals surface area contributed by atoms with E-state index in [0.29, 0.717) is 0 Å². The van der Waals surface area contributed by atoms with Gasteiger partial charge in [0.2, 0.25) is 11.6 Å². The van der Waals surface area contributed by atoms with E-state index < -0.39 is 31.7 Å². The van der Waals surface area contributed by atoms with Crippen LogP contribution in [-0.2, 0) is 22.7 Å². The summed E-state index contributed by atoms with van der Waals surface area (Å²) < 4.78 is 4.58. The van der Waals surface area contributed by atoms with Crippen molar-refractivity contribution in [2.75, 3.05) is 0 Å². The number of rotatable bonds is 30. The number of aryl methyl sites for hydroxylation is 2. The van der Waals surface area contributed by atoms with E-state index in [0.717, 1.165) is 0 Å². The topological polar surface area (TPSA) is 41.9 Å². The summed E-state index contributed by atoms with van der Waals surface area (Å²) in [6.07, 6.45) is 48.8. The average Bonchev–Trinajstić information content (AvgIpc) is 3.23. The Bertz CT molecular complexity index is 1200. The van der Waals surface area contributed by atoms with Crippen LogP contribution in [0, 0.1) is 0 Å². The number of aromatic nitrogens is 2. The normalized spacial score (nSPS) is 12.3. The monoisotopic (exact) mass is 966 g/mol. The number of pyridine rings is 2. The Morgan fingerprint density at radius 2 is 0.534 bits per heavy atom. The number of carbonyl (C=O) groups excluding carboxylic acids is 2. The van der Waals surface area contributed by atoms with Gasteiger partial charge in [0.25, 0.3) is 0 Å². The van der Waals surface area contributed by atoms with Gasteiger partial charge < -0.3 is 29.4 Å². The molecule has 0 saturated heterocycles. The minimum absolute atomic E-state index is 0. The number of ketones is 2. The first-order valence-corrected chi connectivity index (χ1v) is 23.9. The molecule has 4 nitrogen and oxygen atoms in total. The second-order valence-electron chi connectivity index (χ2n) is 15.3. The summed E-state index contributed by atoms with van der Waals surface area (Å²) in [5.41, 5.74) is 0. The summed E-state index contributed by atoms with van der Waals surface area (Å²) in [6.45, 7) is 6.94. The van der Waals surface area contributed by atoms with Gasteiger partial charge in [0.1, 0.15) is 33.2 Å². The quantitative estimate of drug-likeness (QED) is 0.0445. The van der Waals surface area contributed by atoms with E-state index in [4.69, 9.17) is 46.4 Å². The molecule has 0 N–H and O–H groups in total. The zero-order chi connectivity index (χ0) is 40.9. The standard InChI is InChI=1S/2C21H38N.C6Cl4O2.BrH.ClH/c2*1-2-3-4-5-6-7-8-9-10-11-12-13-14-16-19-22-20-17-15-18-21-22;7-1-2(8)6(12)4(10)3(9)5(1)11;;/h2*15,17-18,20-21H,2-14,16,19H2,1H3;;2*1H/q2*+1;;;/p-2. The van der Waals surface area contributed by atoms with Crippen LogP contribution in [0.4, 0.5) is 0 Å². The van der Waals surface area contributed by atoms with Gasteiger partial charge in [0.15, 0.2) is 24.8 Å². The molecule has 0 radical (unpaired) electrons. The lowest BCUT2D eigenvalue weighted by atomic mass is 10.0. The number of halogens is 6. The first kappa shape index (κ1) is 59.1. The molecule has 0 spiro atoms. The van der Waals surface area contributed by atoms with Crippen LogP contribution >= 0.6 is 46.4 Å². The number of nitrogens with zero attached hydrogens (tertiary/aromatic N) is 2. The number of unbranched alkanes of at least 4 members (excludes halogenated alkanes) is 26. The van der Waals surface area contributed by atoms with E-state index in [1.165, 1.54) is 193 Å². The Balaban J connectivity index is 0. The molecule has 0 atom stereocenters. The molecule has 58 heavy (non-hydrogen) atoms. The van der Waals surface area contributed by atoms with Gasteiger partial charge in [-0.05, 0) is 12.8 Å². The molecule has 0 bridgehead atoms. The van der Waals surface area contributed by atoms with Crippen molar-refractivity contribution in [3.63, 3.8) is 0 Å². The van der Waals surface area contributed by atoms with Crippen LogP contribution in [0.2, 0.25) is 0 Å². The summed E-state index contributed by atoms with van der Waals surface area (Å²) in [4.78, 5) is 22.0. The highest BCUT2D eigenvalue weighted by Gasteiger charge is 2.31. The van der Waals surface area contributed by atoms with Crippen molar-refractivity contribution in [1.82, 2.24) is 0 Å². The predicted molar refractivity (Wildman–Crippen MR) is 241 cm³/mol. The second-order valence-corrected chi connectivity index (χ2v) is 16.8. The van der Waals surface area contributed by atoms with Crippen LogP contribution < -0.4 is 38.5 Å². The Kier molecular flexibility index (Phi) is 43.6. The SMILES string of the molecule is CCCCCCCCCCCCCCCC[n+]1ccccc1.CCCCCCCCCCCCCCCC[n+]1ccccc1.O=C1C(Cl)=C(Cl)C(=O)C(Cl)=C1Cl.[Br-].[Cl-]. The third-order valence-electron chi connectivity index (χ3n) is 10.3. The lowest BCUT2D eigenvalue weighted by molar-refractivity contribution is -0.697. The highest BCUT2D eigenvalue weighted by atomic mass is 79.9. The molecule has 2 aromatic heterocycles. The van der Waals surface area contributed by atoms with Crippen LogP contribution in [0.3, 0.4) is 0 Å². The van der Waals surface area contributed by atoms with Gasteiger partial charge in [0.05, 0.1) is 0 Å². The zero-order valence-electron chi connectivity index (χ0n) is 36.0. The van der Waals surface area contributed by atoms with E-state index in [1.807, 2.05) is 0 Å². The molecule has 1 aliphatic rings. The maximum Gasteiger partial charge on any atom is 0.219 e. The van der Waals surface area contributed by atoms with E-state index in [9.17, 15) is 9.59 Å². The zero-order valence-corrected chi connectivity index (χ0v) is 41.3. The molecule has 0 aliphatic heterocycles. The summed E-state index contributed by atoms with van der Waals surface area (Å²) in [5, 5.41) is -1.57. The van der Waals surface area contributed by atoms with Gasteiger partial charge >= 0.3 is 0 Å². The summed E-state index contributed by atoms with van der Waals surface area (Å²) >= 11 is 21.5. The van der Waals surface area contributed by atoms with Crippen LogP contribution in [0.1, 0.15) is 194 Å². The summed E-state index contributed by atoms with van der Waals surface area (Å²) in [6, 6.07) is 12.6. The molecule has 0 aromatic carbocycles. The molecule has 0 saturated carbocycles. The minimum atomic E-state index is -0.729.